The number of β-lactam (4-membered cyclic amide) rings is 1. The Kier molecular flexibility index (Phi) is 5.70. The van der Waals surface area contributed by atoms with Gasteiger partial charge in [0.25, 0.3) is 0 Å². The van der Waals surface area contributed by atoms with Crippen molar-refractivity contribution in [2.75, 3.05) is 11.5 Å². The summed E-state index contributed by atoms with van der Waals surface area (Å²) in [6.45, 7) is 1.51. The fraction of sp³-hybridized carbons (Fsp3) is 0.385. The number of anilines is 1. The molecule has 2 aliphatic rings. The second kappa shape index (κ2) is 7.56. The van der Waals surface area contributed by atoms with E-state index in [9.17, 15) is 19.8 Å². The van der Waals surface area contributed by atoms with Crippen LogP contribution in [0.2, 0.25) is 0 Å². The second-order valence-electron chi connectivity index (χ2n) is 5.76. The number of aliphatic hydroxyl groups excluding tert-OH is 1. The van der Waals surface area contributed by atoms with Crippen LogP contribution in [0.15, 0.2) is 21.7 Å². The average Bonchev–Trinajstić information content (AvgIpc) is 3.15. The smallest absolute Gasteiger partial charge is 0.543 e. The van der Waals surface area contributed by atoms with Crippen LogP contribution in [0.4, 0.5) is 5.69 Å². The van der Waals surface area contributed by atoms with Gasteiger partial charge in [-0.3, -0.25) is 9.69 Å². The number of aliphatic hydroxyl groups is 1. The average molecular weight is 417 g/mol. The maximum Gasteiger partial charge on any atom is 1.00 e. The summed E-state index contributed by atoms with van der Waals surface area (Å²) >= 11 is 2.48. The molecule has 11 nitrogen and oxygen atoms in total. The van der Waals surface area contributed by atoms with E-state index in [0.717, 1.165) is 0 Å². The zero-order valence-corrected chi connectivity index (χ0v) is 17.9. The molecule has 0 spiro atoms. The van der Waals surface area contributed by atoms with E-state index in [-0.39, 0.29) is 41.0 Å². The van der Waals surface area contributed by atoms with Gasteiger partial charge < -0.3 is 20.7 Å². The Hall–Kier alpha value is -1.38. The van der Waals surface area contributed by atoms with Gasteiger partial charge in [0.2, 0.25) is 11.6 Å². The Balaban J connectivity index is 0.00000210. The zero-order chi connectivity index (χ0) is 18.6. The van der Waals surface area contributed by atoms with Gasteiger partial charge in [-0.05, 0) is 23.4 Å². The zero-order valence-electron chi connectivity index (χ0n) is 14.3. The van der Waals surface area contributed by atoms with Gasteiger partial charge in [-0.15, -0.1) is 26.6 Å². The molecule has 0 saturated carbocycles. The number of carboxylic acid groups (broad SMARTS) is 1. The molecule has 0 aliphatic carbocycles. The minimum atomic E-state index is -1.42. The first-order valence-electron chi connectivity index (χ1n) is 7.48. The number of tetrazole rings is 1. The van der Waals surface area contributed by atoms with E-state index in [4.69, 9.17) is 5.73 Å². The molecule has 3 atom stereocenters. The van der Waals surface area contributed by atoms with Crippen molar-refractivity contribution in [1.82, 2.24) is 30.2 Å². The van der Waals surface area contributed by atoms with Crippen molar-refractivity contribution in [3.8, 4) is 0 Å². The summed E-state index contributed by atoms with van der Waals surface area (Å²) in [7, 11) is 0. The summed E-state index contributed by atoms with van der Waals surface area (Å²) in [5.41, 5.74) is 6.39. The topological polar surface area (TPSA) is 163 Å². The summed E-state index contributed by atoms with van der Waals surface area (Å²) in [5, 5.41) is 36.4. The largest absolute Gasteiger partial charge is 1.00 e. The number of nitrogens with two attached hydrogens (primary N) is 1. The number of thioether (sulfide) groups is 2. The monoisotopic (exact) mass is 417 g/mol. The third-order valence-corrected chi connectivity index (χ3v) is 6.58. The van der Waals surface area contributed by atoms with E-state index in [1.807, 2.05) is 0 Å². The molecule has 2 aromatic rings. The van der Waals surface area contributed by atoms with Crippen molar-refractivity contribution in [2.24, 2.45) is 5.92 Å². The maximum atomic E-state index is 12.1. The van der Waals surface area contributed by atoms with E-state index in [2.05, 4.69) is 20.6 Å². The molecule has 2 aliphatic heterocycles. The van der Waals surface area contributed by atoms with Crippen LogP contribution in [-0.2, 0) is 9.59 Å². The van der Waals surface area contributed by atoms with Gasteiger partial charge in [-0.25, -0.2) is 0 Å². The molecule has 1 amide bonds. The number of fused-ring (bicyclic) bond motifs is 2. The number of rotatable bonds is 5. The SMILES string of the molecule is C[C@@H](O)[C@H]1C(=O)N2C(C(=O)[O-])=C(CSc3cc(N)c4nnnn4n3)S[C@H]12.[Na+]. The van der Waals surface area contributed by atoms with Crippen molar-refractivity contribution in [2.45, 2.75) is 23.4 Å². The fourth-order valence-electron chi connectivity index (χ4n) is 2.90. The number of carboxylic acids is 1. The summed E-state index contributed by atoms with van der Waals surface area (Å²) in [6.07, 6.45) is -0.852. The first-order chi connectivity index (χ1) is 12.4. The molecule has 27 heavy (non-hydrogen) atoms. The molecule has 136 valence electrons. The summed E-state index contributed by atoms with van der Waals surface area (Å²) < 4.78 is 1.19. The fourth-order valence-corrected chi connectivity index (χ4v) is 5.50. The Morgan fingerprint density at radius 1 is 1.56 bits per heavy atom. The summed E-state index contributed by atoms with van der Waals surface area (Å²) in [5.74, 6) is -2.20. The van der Waals surface area contributed by atoms with E-state index in [1.54, 1.807) is 6.07 Å². The van der Waals surface area contributed by atoms with E-state index in [0.29, 0.717) is 21.3 Å². The van der Waals surface area contributed by atoms with Gasteiger partial charge in [-0.1, -0.05) is 11.8 Å². The molecule has 0 radical (unpaired) electrons. The minimum absolute atomic E-state index is 0. The standard InChI is InChI=1S/C13H13N7O4S2.Na/c1-4(21)8-11(22)19-9(13(23)24)6(26-12(8)19)3-25-7-2-5(14)10-15-17-18-20(10)16-7;/h2,4,8,12,21H,3,14H2,1H3,(H,23,24);/q;+1/p-1/t4-,8+,12-;/m1./s1. The molecule has 4 heterocycles. The maximum absolute atomic E-state index is 12.1. The molecule has 4 rings (SSSR count). The molecule has 0 aromatic carbocycles. The van der Waals surface area contributed by atoms with Crippen molar-refractivity contribution >= 4 is 46.7 Å². The van der Waals surface area contributed by atoms with Crippen LogP contribution in [0.3, 0.4) is 0 Å². The Bertz CT molecular complexity index is 965. The van der Waals surface area contributed by atoms with Crippen LogP contribution < -0.4 is 40.4 Å². The molecule has 3 N–H and O–H groups in total. The Morgan fingerprint density at radius 3 is 2.96 bits per heavy atom. The Morgan fingerprint density at radius 2 is 2.30 bits per heavy atom. The van der Waals surface area contributed by atoms with Crippen LogP contribution in [-0.4, -0.2) is 64.4 Å². The number of nitrogen functional groups attached to an aromatic ring is 1. The predicted molar refractivity (Wildman–Crippen MR) is 89.1 cm³/mol. The first kappa shape index (κ1) is 20.4. The van der Waals surface area contributed by atoms with E-state index >= 15 is 0 Å². The number of nitrogens with zero attached hydrogens (tertiary/aromatic N) is 6. The quantitative estimate of drug-likeness (QED) is 0.272. The van der Waals surface area contributed by atoms with Crippen molar-refractivity contribution in [1.29, 1.82) is 0 Å². The van der Waals surface area contributed by atoms with Crippen LogP contribution in [0, 0.1) is 5.92 Å². The number of hydrogen-bond donors (Lipinski definition) is 2. The number of carbonyl (C=O) groups excluding carboxylic acids is 2. The van der Waals surface area contributed by atoms with Gasteiger partial charge in [0.15, 0.2) is 0 Å². The van der Waals surface area contributed by atoms with Gasteiger partial charge in [0.1, 0.15) is 10.4 Å². The Labute approximate surface area is 183 Å². The van der Waals surface area contributed by atoms with Gasteiger partial charge >= 0.3 is 29.6 Å². The molecule has 0 bridgehead atoms. The van der Waals surface area contributed by atoms with Crippen molar-refractivity contribution in [3.63, 3.8) is 0 Å². The molecule has 14 heteroatoms. The van der Waals surface area contributed by atoms with Crippen LogP contribution >= 0.6 is 23.5 Å². The van der Waals surface area contributed by atoms with Crippen molar-refractivity contribution < 1.29 is 49.4 Å². The molecular weight excluding hydrogens is 405 g/mol. The van der Waals surface area contributed by atoms with Gasteiger partial charge in [0.05, 0.1) is 29.4 Å². The molecule has 1 saturated heterocycles. The van der Waals surface area contributed by atoms with Crippen LogP contribution in [0.5, 0.6) is 0 Å². The number of hydrogen-bond acceptors (Lipinski definition) is 11. The number of amides is 1. The number of carbonyl (C=O) groups is 2. The van der Waals surface area contributed by atoms with E-state index in [1.165, 1.54) is 40.0 Å². The normalized spacial score (nSPS) is 22.4. The molecule has 1 fully saturated rings. The second-order valence-corrected chi connectivity index (χ2v) is 7.97. The van der Waals surface area contributed by atoms with Gasteiger partial charge in [0, 0.05) is 10.7 Å². The number of aliphatic carboxylic acids is 1. The third-order valence-electron chi connectivity index (χ3n) is 4.10. The first-order valence-corrected chi connectivity index (χ1v) is 9.35. The van der Waals surface area contributed by atoms with Crippen molar-refractivity contribution in [3.05, 3.63) is 16.7 Å². The molecular formula is C13H12N7NaO4S2. The van der Waals surface area contributed by atoms with Crippen LogP contribution in [0.1, 0.15) is 6.92 Å². The third kappa shape index (κ3) is 3.32. The predicted octanol–water partition coefficient (Wildman–Crippen LogP) is -4.93. The summed E-state index contributed by atoms with van der Waals surface area (Å²) in [6, 6.07) is 1.59. The summed E-state index contributed by atoms with van der Waals surface area (Å²) in [4.78, 5) is 25.3. The minimum Gasteiger partial charge on any atom is -0.543 e. The van der Waals surface area contributed by atoms with Gasteiger partial charge in [-0.2, -0.15) is 0 Å². The molecule has 0 unspecified atom stereocenters. The van der Waals surface area contributed by atoms with E-state index < -0.39 is 29.3 Å². The number of aromatic nitrogens is 5. The van der Waals surface area contributed by atoms with Crippen LogP contribution in [0.25, 0.3) is 5.65 Å². The molecule has 2 aromatic heterocycles.